The second kappa shape index (κ2) is 10.3. The summed E-state index contributed by atoms with van der Waals surface area (Å²) < 4.78 is 47.3. The second-order valence-corrected chi connectivity index (χ2v) is 10.8. The number of carbonyl (C=O) groups excluding carboxylic acids is 2. The number of fused-ring (bicyclic) bond motifs is 4. The maximum Gasteiger partial charge on any atom is 0.514 e. The number of amides is 1. The number of nitrogens with zero attached hydrogens (tertiary/aromatic N) is 3. The summed E-state index contributed by atoms with van der Waals surface area (Å²) in [5.41, 5.74) is 0.638. The number of carbonyl (C=O) groups is 2. The minimum absolute atomic E-state index is 0.119. The first-order valence-corrected chi connectivity index (χ1v) is 13.7. The fourth-order valence-electron chi connectivity index (χ4n) is 5.37. The topological polar surface area (TPSA) is 90.3 Å². The van der Waals surface area contributed by atoms with E-state index in [-0.39, 0.29) is 36.8 Å². The first-order chi connectivity index (χ1) is 19.3. The van der Waals surface area contributed by atoms with Crippen LogP contribution in [0, 0.1) is 11.6 Å². The largest absolute Gasteiger partial charge is 0.514 e. The quantitative estimate of drug-likeness (QED) is 0.434. The molecule has 6 rings (SSSR count). The summed E-state index contributed by atoms with van der Waals surface area (Å²) in [6.45, 7) is 3.83. The third kappa shape index (κ3) is 4.31. The van der Waals surface area contributed by atoms with E-state index in [1.54, 1.807) is 29.8 Å². The van der Waals surface area contributed by atoms with Crippen LogP contribution < -0.4 is 15.2 Å². The van der Waals surface area contributed by atoms with Crippen molar-refractivity contribution in [2.75, 3.05) is 24.8 Å². The molecule has 2 aromatic carbocycles. The Balaban J connectivity index is 1.61. The number of benzene rings is 2. The van der Waals surface area contributed by atoms with Gasteiger partial charge in [-0.3, -0.25) is 19.3 Å². The summed E-state index contributed by atoms with van der Waals surface area (Å²) in [7, 11) is 0. The molecule has 1 aromatic heterocycles. The van der Waals surface area contributed by atoms with Gasteiger partial charge in [0.15, 0.2) is 17.3 Å². The van der Waals surface area contributed by atoms with Crippen LogP contribution in [0.3, 0.4) is 0 Å². The van der Waals surface area contributed by atoms with E-state index in [0.717, 1.165) is 16.5 Å². The molecular formula is C28H25F2N3O6S. The average Bonchev–Trinajstić information content (AvgIpc) is 3.09. The maximum atomic E-state index is 15.3. The van der Waals surface area contributed by atoms with E-state index in [1.807, 2.05) is 24.3 Å². The predicted molar refractivity (Wildman–Crippen MR) is 141 cm³/mol. The van der Waals surface area contributed by atoms with E-state index in [9.17, 15) is 18.8 Å². The molecule has 208 valence electrons. The Labute approximate surface area is 232 Å². The van der Waals surface area contributed by atoms with Crippen molar-refractivity contribution in [2.24, 2.45) is 0 Å². The summed E-state index contributed by atoms with van der Waals surface area (Å²) in [5, 5.41) is 1.80. The molecule has 1 saturated heterocycles. The van der Waals surface area contributed by atoms with Crippen LogP contribution in [0.15, 0.2) is 58.4 Å². The second-order valence-electron chi connectivity index (χ2n) is 9.81. The number of halogens is 2. The Morgan fingerprint density at radius 2 is 1.90 bits per heavy atom. The molecule has 1 fully saturated rings. The van der Waals surface area contributed by atoms with Crippen molar-refractivity contribution in [3.63, 3.8) is 0 Å². The van der Waals surface area contributed by atoms with Crippen molar-refractivity contribution >= 4 is 23.8 Å². The summed E-state index contributed by atoms with van der Waals surface area (Å²) in [4.78, 5) is 41.7. The molecular weight excluding hydrogens is 544 g/mol. The molecule has 3 aliphatic rings. The van der Waals surface area contributed by atoms with Crippen LogP contribution in [0.25, 0.3) is 0 Å². The Morgan fingerprint density at radius 3 is 2.70 bits per heavy atom. The molecule has 0 unspecified atom stereocenters. The molecule has 9 nitrogen and oxygen atoms in total. The average molecular weight is 570 g/mol. The highest BCUT2D eigenvalue weighted by Crippen LogP contribution is 2.45. The van der Waals surface area contributed by atoms with Gasteiger partial charge in [-0.2, -0.15) is 0 Å². The molecule has 40 heavy (non-hydrogen) atoms. The molecule has 3 aliphatic heterocycles. The van der Waals surface area contributed by atoms with Crippen molar-refractivity contribution in [1.82, 2.24) is 9.58 Å². The number of aromatic nitrogens is 1. The van der Waals surface area contributed by atoms with Gasteiger partial charge < -0.3 is 19.1 Å². The summed E-state index contributed by atoms with van der Waals surface area (Å²) in [5.74, 6) is -2.71. The van der Waals surface area contributed by atoms with Crippen LogP contribution in [-0.4, -0.2) is 53.7 Å². The molecule has 0 N–H and O–H groups in total. The number of hydrogen-bond acceptors (Lipinski definition) is 8. The highest BCUT2D eigenvalue weighted by Gasteiger charge is 2.46. The number of hydrogen-bond donors (Lipinski definition) is 0. The molecule has 3 aromatic rings. The third-order valence-corrected chi connectivity index (χ3v) is 8.17. The van der Waals surface area contributed by atoms with Gasteiger partial charge in [-0.1, -0.05) is 24.3 Å². The number of thioether (sulfide) groups is 1. The van der Waals surface area contributed by atoms with Gasteiger partial charge in [-0.15, -0.1) is 11.8 Å². The smallest absolute Gasteiger partial charge is 0.431 e. The van der Waals surface area contributed by atoms with Crippen molar-refractivity contribution in [2.45, 2.75) is 42.8 Å². The predicted octanol–water partition coefficient (Wildman–Crippen LogP) is 4.20. The highest BCUT2D eigenvalue weighted by molar-refractivity contribution is 7.98. The van der Waals surface area contributed by atoms with Crippen LogP contribution in [0.1, 0.15) is 47.1 Å². The molecule has 0 aliphatic carbocycles. The first-order valence-electron chi connectivity index (χ1n) is 12.8. The van der Waals surface area contributed by atoms with Crippen molar-refractivity contribution < 1.29 is 32.6 Å². The highest BCUT2D eigenvalue weighted by atomic mass is 32.2. The molecule has 0 radical (unpaired) electrons. The fourth-order valence-corrected chi connectivity index (χ4v) is 6.48. The molecule has 0 bridgehead atoms. The van der Waals surface area contributed by atoms with Gasteiger partial charge in [0, 0.05) is 35.0 Å². The first kappa shape index (κ1) is 26.3. The summed E-state index contributed by atoms with van der Waals surface area (Å²) >= 11 is 1.38. The Hall–Kier alpha value is -3.90. The van der Waals surface area contributed by atoms with E-state index < -0.39 is 53.2 Å². The minimum Gasteiger partial charge on any atom is -0.431 e. The lowest BCUT2D eigenvalue weighted by molar-refractivity contribution is -0.0199. The van der Waals surface area contributed by atoms with E-state index in [0.29, 0.717) is 5.56 Å². The van der Waals surface area contributed by atoms with Gasteiger partial charge in [0.25, 0.3) is 5.91 Å². The maximum absolute atomic E-state index is 15.3. The van der Waals surface area contributed by atoms with E-state index in [1.165, 1.54) is 28.7 Å². The van der Waals surface area contributed by atoms with Crippen LogP contribution in [0.4, 0.5) is 13.6 Å². The van der Waals surface area contributed by atoms with Crippen LogP contribution >= 0.6 is 11.8 Å². The Morgan fingerprint density at radius 1 is 1.10 bits per heavy atom. The number of morpholine rings is 1. The van der Waals surface area contributed by atoms with Gasteiger partial charge in [-0.05, 0) is 37.1 Å². The zero-order chi connectivity index (χ0) is 28.1. The van der Waals surface area contributed by atoms with E-state index in [4.69, 9.17) is 14.2 Å². The zero-order valence-corrected chi connectivity index (χ0v) is 22.5. The van der Waals surface area contributed by atoms with Gasteiger partial charge in [0.1, 0.15) is 6.17 Å². The summed E-state index contributed by atoms with van der Waals surface area (Å²) in [6, 6.07) is 10.6. The van der Waals surface area contributed by atoms with Crippen LogP contribution in [0.2, 0.25) is 0 Å². The standard InChI is InChI=1S/C28H25F2N3O6S/c1-15(2)38-28(36)39-26-20(34)9-10-32-25(26)27(35)31-11-12-37-13-22(31)33(32)24-16-7-8-19(29)23(30)18(16)14-40-21-6-4-3-5-17(21)24/h3-10,15,22,24H,11-14H2,1-2H3/t22-,24+/m1/s1. The lowest BCUT2D eigenvalue weighted by Gasteiger charge is -2.51. The fraction of sp³-hybridized carbons (Fsp3) is 0.321. The van der Waals surface area contributed by atoms with E-state index in [2.05, 4.69) is 0 Å². The van der Waals surface area contributed by atoms with Gasteiger partial charge in [0.2, 0.25) is 11.2 Å². The van der Waals surface area contributed by atoms with Crippen molar-refractivity contribution in [3.8, 4) is 5.75 Å². The van der Waals surface area contributed by atoms with Crippen molar-refractivity contribution in [1.29, 1.82) is 0 Å². The van der Waals surface area contributed by atoms with Gasteiger partial charge >= 0.3 is 6.16 Å². The molecule has 0 spiro atoms. The Kier molecular flexibility index (Phi) is 6.75. The SMILES string of the molecule is CC(C)OC(=O)Oc1c2n(ccc1=O)N([C@@H]1c3ccccc3SCc3c1ccc(F)c3F)[C@@H]1COCCN1C2=O. The number of ether oxygens (including phenoxy) is 3. The van der Waals surface area contributed by atoms with Gasteiger partial charge in [0.05, 0.1) is 25.4 Å². The molecule has 0 saturated carbocycles. The van der Waals surface area contributed by atoms with Gasteiger partial charge in [-0.25, -0.2) is 13.6 Å². The molecule has 12 heteroatoms. The molecule has 4 heterocycles. The van der Waals surface area contributed by atoms with Crippen LogP contribution in [-0.2, 0) is 15.2 Å². The Bertz CT molecular complexity index is 1580. The van der Waals surface area contributed by atoms with E-state index >= 15 is 4.39 Å². The van der Waals surface area contributed by atoms with Crippen molar-refractivity contribution in [3.05, 3.63) is 92.9 Å². The molecule has 1 amide bonds. The number of pyridine rings is 1. The van der Waals surface area contributed by atoms with Crippen LogP contribution in [0.5, 0.6) is 5.75 Å². The monoisotopic (exact) mass is 569 g/mol. The number of rotatable bonds is 3. The summed E-state index contributed by atoms with van der Waals surface area (Å²) in [6.07, 6.45) is -0.891. The lowest BCUT2D eigenvalue weighted by Crippen LogP contribution is -2.66. The zero-order valence-electron chi connectivity index (χ0n) is 21.6. The minimum atomic E-state index is -1.12. The lowest BCUT2D eigenvalue weighted by atomic mass is 9.93. The molecule has 2 atom stereocenters. The third-order valence-electron chi connectivity index (χ3n) is 7.05. The normalized spacial score (nSPS) is 19.8.